The molecular formula is C12H9N3. The highest BCUT2D eigenvalue weighted by Gasteiger charge is 2.06. The molecule has 3 nitrogen and oxygen atoms in total. The molecule has 0 atom stereocenters. The second-order valence-corrected chi connectivity index (χ2v) is 3.62. The Kier molecular flexibility index (Phi) is 1.51. The lowest BCUT2D eigenvalue weighted by molar-refractivity contribution is 1.22. The number of pyridine rings is 3. The van der Waals surface area contributed by atoms with Crippen LogP contribution in [0.15, 0.2) is 24.8 Å². The summed E-state index contributed by atoms with van der Waals surface area (Å²) in [4.78, 5) is 12.8. The van der Waals surface area contributed by atoms with Crippen LogP contribution in [-0.2, 0) is 0 Å². The Balaban J connectivity index is 2.79. The van der Waals surface area contributed by atoms with Gasteiger partial charge in [-0.1, -0.05) is 6.58 Å². The first-order chi connectivity index (χ1) is 7.27. The average Bonchev–Trinajstić information content (AvgIpc) is 2.25. The van der Waals surface area contributed by atoms with E-state index in [1.807, 2.05) is 19.3 Å². The minimum Gasteiger partial charge on any atom is -0.262 e. The molecule has 3 aromatic rings. The fourth-order valence-corrected chi connectivity index (χ4v) is 1.95. The average molecular weight is 195 g/mol. The van der Waals surface area contributed by atoms with Crippen LogP contribution in [0.3, 0.4) is 0 Å². The zero-order chi connectivity index (χ0) is 10.4. The number of rotatable bonds is 0. The topological polar surface area (TPSA) is 38.7 Å². The summed E-state index contributed by atoms with van der Waals surface area (Å²) < 4.78 is 0. The van der Waals surface area contributed by atoms with Gasteiger partial charge in [-0.3, -0.25) is 15.0 Å². The highest BCUT2D eigenvalue weighted by atomic mass is 14.7. The van der Waals surface area contributed by atoms with Gasteiger partial charge in [0.15, 0.2) is 0 Å². The maximum atomic E-state index is 4.34. The van der Waals surface area contributed by atoms with Gasteiger partial charge in [-0.05, 0) is 12.1 Å². The number of aryl methyl sites for hydroxylation is 1. The zero-order valence-electron chi connectivity index (χ0n) is 8.36. The summed E-state index contributed by atoms with van der Waals surface area (Å²) in [6.07, 6.45) is 7.18. The van der Waals surface area contributed by atoms with Gasteiger partial charge in [0, 0.05) is 40.4 Å². The molecule has 3 aromatic heterocycles. The molecule has 0 saturated carbocycles. The van der Waals surface area contributed by atoms with E-state index in [1.165, 1.54) is 0 Å². The Morgan fingerprint density at radius 1 is 1.00 bits per heavy atom. The van der Waals surface area contributed by atoms with E-state index in [9.17, 15) is 0 Å². The summed E-state index contributed by atoms with van der Waals surface area (Å²) in [5, 5.41) is 4.15. The molecule has 0 N–H and O–H groups in total. The number of aromatic nitrogens is 3. The van der Waals surface area contributed by atoms with E-state index in [0.29, 0.717) is 0 Å². The van der Waals surface area contributed by atoms with Crippen LogP contribution in [-0.4, -0.2) is 15.0 Å². The fraction of sp³-hybridized carbons (Fsp3) is 0.0833. The Labute approximate surface area is 86.5 Å². The second-order valence-electron chi connectivity index (χ2n) is 3.62. The molecule has 0 fully saturated rings. The van der Waals surface area contributed by atoms with Crippen LogP contribution in [0.2, 0.25) is 0 Å². The maximum Gasteiger partial charge on any atom is 0.0898 e. The van der Waals surface area contributed by atoms with Crippen molar-refractivity contribution in [2.45, 2.75) is 6.92 Å². The van der Waals surface area contributed by atoms with E-state index in [1.54, 1.807) is 12.4 Å². The number of hydrogen-bond donors (Lipinski definition) is 0. The number of nitrogens with zero attached hydrogens (tertiary/aromatic N) is 3. The maximum absolute atomic E-state index is 4.34. The molecule has 3 rings (SSSR count). The van der Waals surface area contributed by atoms with E-state index in [2.05, 4.69) is 21.5 Å². The Hall–Kier alpha value is -2.03. The first kappa shape index (κ1) is 8.29. The van der Waals surface area contributed by atoms with Crippen molar-refractivity contribution in [2.24, 2.45) is 0 Å². The standard InChI is InChI=1S/C12H9N3/c1-7-3-15-10-6-13-4-9-5-14-8(2)11(7)12(9)10/h3-6H,1H2,2H3. The molecule has 0 aromatic carbocycles. The molecule has 0 bridgehead atoms. The molecule has 3 heteroatoms. The molecule has 72 valence electrons. The van der Waals surface area contributed by atoms with Gasteiger partial charge in [0.05, 0.1) is 11.7 Å². The molecule has 0 amide bonds. The van der Waals surface area contributed by atoms with Crippen LogP contribution in [0, 0.1) is 6.92 Å². The molecule has 0 radical (unpaired) electrons. The van der Waals surface area contributed by atoms with Crippen LogP contribution in [0.4, 0.5) is 0 Å². The molecule has 3 heterocycles. The summed E-state index contributed by atoms with van der Waals surface area (Å²) in [6, 6.07) is 0. The SMILES string of the molecule is C=c1cnc2cncc3cnc(C)c1c32. The normalized spacial score (nSPS) is 11.3. The molecule has 0 unspecified atom stereocenters. The molecule has 0 spiro atoms. The van der Waals surface area contributed by atoms with Gasteiger partial charge < -0.3 is 0 Å². The van der Waals surface area contributed by atoms with Crippen molar-refractivity contribution in [2.75, 3.05) is 0 Å². The lowest BCUT2D eigenvalue weighted by Crippen LogP contribution is -2.05. The summed E-state index contributed by atoms with van der Waals surface area (Å²) in [7, 11) is 0. The van der Waals surface area contributed by atoms with Crippen molar-refractivity contribution in [1.82, 2.24) is 15.0 Å². The molecule has 0 saturated heterocycles. The Morgan fingerprint density at radius 3 is 2.73 bits per heavy atom. The van der Waals surface area contributed by atoms with Gasteiger partial charge in [0.25, 0.3) is 0 Å². The summed E-state index contributed by atoms with van der Waals surface area (Å²) >= 11 is 0. The quantitative estimate of drug-likeness (QED) is 0.547. The molecule has 15 heavy (non-hydrogen) atoms. The Bertz CT molecular complexity index is 688. The van der Waals surface area contributed by atoms with Crippen LogP contribution in [0.5, 0.6) is 0 Å². The first-order valence-corrected chi connectivity index (χ1v) is 4.74. The molecule has 0 aliphatic carbocycles. The van der Waals surface area contributed by atoms with Gasteiger partial charge >= 0.3 is 0 Å². The summed E-state index contributed by atoms with van der Waals surface area (Å²) in [5.74, 6) is 0. The molecule has 0 aliphatic heterocycles. The largest absolute Gasteiger partial charge is 0.262 e. The van der Waals surface area contributed by atoms with Crippen molar-refractivity contribution in [3.8, 4) is 0 Å². The van der Waals surface area contributed by atoms with Crippen molar-refractivity contribution in [3.05, 3.63) is 35.7 Å². The van der Waals surface area contributed by atoms with Crippen molar-refractivity contribution >= 4 is 28.3 Å². The van der Waals surface area contributed by atoms with E-state index in [4.69, 9.17) is 0 Å². The third-order valence-corrected chi connectivity index (χ3v) is 2.64. The second kappa shape index (κ2) is 2.73. The van der Waals surface area contributed by atoms with Gasteiger partial charge in [0.1, 0.15) is 0 Å². The molecular weight excluding hydrogens is 186 g/mol. The minimum atomic E-state index is 0.903. The molecule has 0 aliphatic rings. The number of hydrogen-bond acceptors (Lipinski definition) is 3. The predicted octanol–water partition coefficient (Wildman–Crippen LogP) is 1.62. The zero-order valence-corrected chi connectivity index (χ0v) is 8.36. The van der Waals surface area contributed by atoms with E-state index < -0.39 is 0 Å². The van der Waals surface area contributed by atoms with Gasteiger partial charge in [-0.25, -0.2) is 0 Å². The monoisotopic (exact) mass is 195 g/mol. The van der Waals surface area contributed by atoms with Crippen LogP contribution >= 0.6 is 0 Å². The van der Waals surface area contributed by atoms with E-state index >= 15 is 0 Å². The van der Waals surface area contributed by atoms with Crippen LogP contribution in [0.1, 0.15) is 5.69 Å². The van der Waals surface area contributed by atoms with Crippen molar-refractivity contribution in [1.29, 1.82) is 0 Å². The van der Waals surface area contributed by atoms with Crippen molar-refractivity contribution < 1.29 is 0 Å². The van der Waals surface area contributed by atoms with Crippen molar-refractivity contribution in [3.63, 3.8) is 0 Å². The third-order valence-electron chi connectivity index (χ3n) is 2.64. The highest BCUT2D eigenvalue weighted by molar-refractivity contribution is 6.08. The van der Waals surface area contributed by atoms with Gasteiger partial charge in [-0.15, -0.1) is 0 Å². The fourth-order valence-electron chi connectivity index (χ4n) is 1.95. The van der Waals surface area contributed by atoms with Crippen LogP contribution in [0.25, 0.3) is 28.3 Å². The van der Waals surface area contributed by atoms with E-state index in [-0.39, 0.29) is 0 Å². The Morgan fingerprint density at radius 2 is 1.87 bits per heavy atom. The highest BCUT2D eigenvalue weighted by Crippen LogP contribution is 2.22. The lowest BCUT2D eigenvalue weighted by Gasteiger charge is -2.05. The summed E-state index contributed by atoms with van der Waals surface area (Å²) in [5.41, 5.74) is 1.89. The van der Waals surface area contributed by atoms with E-state index in [0.717, 1.165) is 32.6 Å². The lowest BCUT2D eigenvalue weighted by atomic mass is 10.1. The first-order valence-electron chi connectivity index (χ1n) is 4.74. The smallest absolute Gasteiger partial charge is 0.0898 e. The van der Waals surface area contributed by atoms with Gasteiger partial charge in [-0.2, -0.15) is 0 Å². The third kappa shape index (κ3) is 1.03. The van der Waals surface area contributed by atoms with Crippen LogP contribution < -0.4 is 5.22 Å². The van der Waals surface area contributed by atoms with Gasteiger partial charge in [0.2, 0.25) is 0 Å². The minimum absolute atomic E-state index is 0.903. The summed E-state index contributed by atoms with van der Waals surface area (Å²) in [6.45, 7) is 5.98. The predicted molar refractivity (Wildman–Crippen MR) is 60.3 cm³/mol.